The van der Waals surface area contributed by atoms with Crippen molar-refractivity contribution in [1.29, 1.82) is 0 Å². The van der Waals surface area contributed by atoms with Gasteiger partial charge < -0.3 is 10.1 Å². The maximum Gasteiger partial charge on any atom is 0.328 e. The van der Waals surface area contributed by atoms with Gasteiger partial charge in [0.2, 0.25) is 0 Å². The van der Waals surface area contributed by atoms with Crippen molar-refractivity contribution in [2.45, 2.75) is 0 Å². The van der Waals surface area contributed by atoms with Crippen molar-refractivity contribution < 1.29 is 4.92 Å². The molecule has 0 aliphatic rings. The molecule has 2 aromatic rings. The summed E-state index contributed by atoms with van der Waals surface area (Å²) in [5.74, 6) is -0.00185. The third-order valence-corrected chi connectivity index (χ3v) is 1.88. The highest BCUT2D eigenvalue weighted by atomic mass is 16.6. The van der Waals surface area contributed by atoms with E-state index in [9.17, 15) is 10.1 Å². The van der Waals surface area contributed by atoms with Crippen LogP contribution in [0, 0.1) is 10.1 Å². The fourth-order valence-electron chi connectivity index (χ4n) is 1.27. The smallest absolute Gasteiger partial charge is 0.328 e. The fourth-order valence-corrected chi connectivity index (χ4v) is 1.27. The van der Waals surface area contributed by atoms with E-state index < -0.39 is 4.92 Å². The molecule has 0 bridgehead atoms. The molecule has 0 aromatic carbocycles. The zero-order valence-corrected chi connectivity index (χ0v) is 7.18. The Balaban J connectivity index is 2.52. The fraction of sp³-hybridized carbons (Fsp3) is 0. The van der Waals surface area contributed by atoms with Gasteiger partial charge in [0.05, 0.1) is 11.8 Å². The van der Waals surface area contributed by atoms with E-state index in [0.717, 1.165) is 5.56 Å². The summed E-state index contributed by atoms with van der Waals surface area (Å²) in [6, 6.07) is 5.18. The Morgan fingerprint density at radius 3 is 2.93 bits per heavy atom. The van der Waals surface area contributed by atoms with Crippen LogP contribution in [0.1, 0.15) is 0 Å². The number of hydrogen-bond donors (Lipinski definition) is 1. The first-order valence-corrected chi connectivity index (χ1v) is 4.01. The lowest BCUT2D eigenvalue weighted by Crippen LogP contribution is -1.90. The first-order chi connectivity index (χ1) is 6.79. The van der Waals surface area contributed by atoms with Gasteiger partial charge in [-0.05, 0) is 17.1 Å². The van der Waals surface area contributed by atoms with Crippen molar-refractivity contribution in [1.82, 2.24) is 9.97 Å². The number of nitro groups is 1. The van der Waals surface area contributed by atoms with Crippen LogP contribution in [-0.2, 0) is 0 Å². The van der Waals surface area contributed by atoms with E-state index in [1.807, 2.05) is 0 Å². The molecule has 2 aromatic heterocycles. The van der Waals surface area contributed by atoms with E-state index >= 15 is 0 Å². The zero-order valence-electron chi connectivity index (χ0n) is 7.18. The standard InChI is InChI=1S/C9H7N3O2/c13-12(14)9-8(3-5-11-9)7-2-1-4-10-6-7/h1-6,11H. The summed E-state index contributed by atoms with van der Waals surface area (Å²) in [4.78, 5) is 16.6. The van der Waals surface area contributed by atoms with Gasteiger partial charge in [-0.2, -0.15) is 0 Å². The summed E-state index contributed by atoms with van der Waals surface area (Å²) < 4.78 is 0. The van der Waals surface area contributed by atoms with E-state index in [0.29, 0.717) is 5.56 Å². The molecular weight excluding hydrogens is 182 g/mol. The topological polar surface area (TPSA) is 71.8 Å². The van der Waals surface area contributed by atoms with Gasteiger partial charge in [0.1, 0.15) is 0 Å². The third-order valence-electron chi connectivity index (χ3n) is 1.88. The van der Waals surface area contributed by atoms with Crippen LogP contribution in [0.25, 0.3) is 11.1 Å². The molecule has 0 saturated heterocycles. The molecule has 0 atom stereocenters. The summed E-state index contributed by atoms with van der Waals surface area (Å²) in [6.45, 7) is 0. The van der Waals surface area contributed by atoms with E-state index in [-0.39, 0.29) is 5.82 Å². The molecule has 0 unspecified atom stereocenters. The number of nitrogens with zero attached hydrogens (tertiary/aromatic N) is 2. The van der Waals surface area contributed by atoms with Crippen molar-refractivity contribution in [2.24, 2.45) is 0 Å². The molecule has 0 aliphatic carbocycles. The predicted octanol–water partition coefficient (Wildman–Crippen LogP) is 1.98. The second-order valence-electron chi connectivity index (χ2n) is 2.74. The van der Waals surface area contributed by atoms with Crippen LogP contribution in [0.3, 0.4) is 0 Å². The summed E-state index contributed by atoms with van der Waals surface area (Å²) in [5, 5.41) is 10.6. The highest BCUT2D eigenvalue weighted by Gasteiger charge is 2.14. The second-order valence-corrected chi connectivity index (χ2v) is 2.74. The molecular formula is C9H7N3O2. The maximum absolute atomic E-state index is 10.6. The first-order valence-electron chi connectivity index (χ1n) is 4.01. The molecule has 0 radical (unpaired) electrons. The molecule has 70 valence electrons. The second kappa shape index (κ2) is 3.29. The number of rotatable bonds is 2. The molecule has 5 nitrogen and oxygen atoms in total. The average Bonchev–Trinajstić information content (AvgIpc) is 2.67. The SMILES string of the molecule is O=[N+]([O-])c1[nH]ccc1-c1cccnc1. The van der Waals surface area contributed by atoms with Crippen molar-refractivity contribution in [2.75, 3.05) is 0 Å². The number of H-pyrrole nitrogens is 1. The minimum Gasteiger partial charge on any atom is -0.358 e. The molecule has 0 saturated carbocycles. The lowest BCUT2D eigenvalue weighted by Gasteiger charge is -1.97. The Morgan fingerprint density at radius 2 is 2.29 bits per heavy atom. The van der Waals surface area contributed by atoms with E-state index in [4.69, 9.17) is 0 Å². The van der Waals surface area contributed by atoms with Crippen LogP contribution in [0.15, 0.2) is 36.8 Å². The molecule has 5 heteroatoms. The monoisotopic (exact) mass is 189 g/mol. The summed E-state index contributed by atoms with van der Waals surface area (Å²) >= 11 is 0. The Labute approximate surface area is 79.6 Å². The van der Waals surface area contributed by atoms with Crippen LogP contribution < -0.4 is 0 Å². The van der Waals surface area contributed by atoms with Crippen molar-refractivity contribution in [3.63, 3.8) is 0 Å². The summed E-state index contributed by atoms with van der Waals surface area (Å²) in [5.41, 5.74) is 1.29. The molecule has 2 rings (SSSR count). The van der Waals surface area contributed by atoms with Gasteiger partial charge in [-0.25, -0.2) is 4.98 Å². The Morgan fingerprint density at radius 1 is 1.43 bits per heavy atom. The van der Waals surface area contributed by atoms with E-state index in [1.165, 1.54) is 0 Å². The minimum atomic E-state index is -0.442. The molecule has 0 spiro atoms. The van der Waals surface area contributed by atoms with Crippen LogP contribution in [-0.4, -0.2) is 14.9 Å². The quantitative estimate of drug-likeness (QED) is 0.580. The normalized spacial score (nSPS) is 10.0. The van der Waals surface area contributed by atoms with Crippen molar-refractivity contribution in [3.05, 3.63) is 46.9 Å². The Kier molecular flexibility index (Phi) is 1.98. The van der Waals surface area contributed by atoms with Gasteiger partial charge in [-0.15, -0.1) is 0 Å². The highest BCUT2D eigenvalue weighted by molar-refractivity contribution is 5.70. The number of aromatic amines is 1. The van der Waals surface area contributed by atoms with Gasteiger partial charge in [0, 0.05) is 18.0 Å². The minimum absolute atomic E-state index is 0.00185. The zero-order chi connectivity index (χ0) is 9.97. The number of nitrogens with one attached hydrogen (secondary N) is 1. The van der Waals surface area contributed by atoms with Crippen LogP contribution in [0.2, 0.25) is 0 Å². The van der Waals surface area contributed by atoms with Gasteiger partial charge in [-0.1, -0.05) is 6.07 Å². The summed E-state index contributed by atoms with van der Waals surface area (Å²) in [7, 11) is 0. The van der Waals surface area contributed by atoms with Crippen molar-refractivity contribution >= 4 is 5.82 Å². The molecule has 1 N–H and O–H groups in total. The maximum atomic E-state index is 10.6. The molecule has 2 heterocycles. The average molecular weight is 189 g/mol. The Hall–Kier alpha value is -2.17. The third kappa shape index (κ3) is 1.35. The van der Waals surface area contributed by atoms with Gasteiger partial charge in [0.25, 0.3) is 0 Å². The van der Waals surface area contributed by atoms with Crippen molar-refractivity contribution in [3.8, 4) is 11.1 Å². The number of hydrogen-bond acceptors (Lipinski definition) is 3. The van der Waals surface area contributed by atoms with Gasteiger partial charge >= 0.3 is 5.82 Å². The van der Waals surface area contributed by atoms with Gasteiger partial charge in [0.15, 0.2) is 0 Å². The highest BCUT2D eigenvalue weighted by Crippen LogP contribution is 2.27. The molecule has 0 aliphatic heterocycles. The van der Waals surface area contributed by atoms with E-state index in [2.05, 4.69) is 9.97 Å². The summed E-state index contributed by atoms with van der Waals surface area (Å²) in [6.07, 6.45) is 4.76. The van der Waals surface area contributed by atoms with Crippen LogP contribution >= 0.6 is 0 Å². The molecule has 0 fully saturated rings. The Bertz CT molecular complexity index is 450. The van der Waals surface area contributed by atoms with Gasteiger partial charge in [-0.3, -0.25) is 4.98 Å². The largest absolute Gasteiger partial charge is 0.358 e. The van der Waals surface area contributed by atoms with Crippen LogP contribution in [0.5, 0.6) is 0 Å². The number of aromatic nitrogens is 2. The molecule has 0 amide bonds. The number of pyridine rings is 1. The van der Waals surface area contributed by atoms with E-state index in [1.54, 1.807) is 36.8 Å². The lowest BCUT2D eigenvalue weighted by molar-refractivity contribution is -0.388. The van der Waals surface area contributed by atoms with Crippen LogP contribution in [0.4, 0.5) is 5.82 Å². The first kappa shape index (κ1) is 8.43. The lowest BCUT2D eigenvalue weighted by atomic mass is 10.1. The molecule has 14 heavy (non-hydrogen) atoms. The predicted molar refractivity (Wildman–Crippen MR) is 50.7 cm³/mol.